The van der Waals surface area contributed by atoms with Gasteiger partial charge in [-0.2, -0.15) is 0 Å². The zero-order valence-corrected chi connectivity index (χ0v) is 12.9. The lowest BCUT2D eigenvalue weighted by Crippen LogP contribution is -2.45. The van der Waals surface area contributed by atoms with Crippen LogP contribution in [0.15, 0.2) is 0 Å². The third kappa shape index (κ3) is 5.27. The smallest absolute Gasteiger partial charge is 0.00500 e. The highest BCUT2D eigenvalue weighted by molar-refractivity contribution is 4.87. The third-order valence-electron chi connectivity index (χ3n) is 4.39. The molecule has 0 amide bonds. The highest BCUT2D eigenvalue weighted by Crippen LogP contribution is 2.36. The number of nitrogens with zero attached hydrogens (tertiary/aromatic N) is 1. The summed E-state index contributed by atoms with van der Waals surface area (Å²) in [5, 5.41) is 3.69. The van der Waals surface area contributed by atoms with Crippen molar-refractivity contribution in [3.63, 3.8) is 0 Å². The van der Waals surface area contributed by atoms with Gasteiger partial charge in [0.25, 0.3) is 0 Å². The van der Waals surface area contributed by atoms with Crippen molar-refractivity contribution in [2.45, 2.75) is 65.7 Å². The zero-order valence-electron chi connectivity index (χ0n) is 12.9. The van der Waals surface area contributed by atoms with Gasteiger partial charge in [0.2, 0.25) is 0 Å². The van der Waals surface area contributed by atoms with Gasteiger partial charge in [-0.1, -0.05) is 40.0 Å². The van der Waals surface area contributed by atoms with Crippen molar-refractivity contribution in [1.29, 1.82) is 0 Å². The Morgan fingerprint density at radius 2 is 1.72 bits per heavy atom. The summed E-state index contributed by atoms with van der Waals surface area (Å²) in [4.78, 5) is 2.67. The molecular weight excluding hydrogens is 220 g/mol. The van der Waals surface area contributed by atoms with Crippen molar-refractivity contribution in [3.05, 3.63) is 0 Å². The second-order valence-corrected chi connectivity index (χ2v) is 6.11. The first kappa shape index (κ1) is 16.0. The topological polar surface area (TPSA) is 15.3 Å². The van der Waals surface area contributed by atoms with Gasteiger partial charge in [0.15, 0.2) is 0 Å². The van der Waals surface area contributed by atoms with Gasteiger partial charge in [-0.15, -0.1) is 0 Å². The van der Waals surface area contributed by atoms with Crippen LogP contribution in [0.5, 0.6) is 0 Å². The molecular formula is C16H34N2. The van der Waals surface area contributed by atoms with E-state index in [1.54, 1.807) is 0 Å². The van der Waals surface area contributed by atoms with E-state index >= 15 is 0 Å². The molecule has 0 aromatic heterocycles. The maximum absolute atomic E-state index is 3.69. The van der Waals surface area contributed by atoms with Gasteiger partial charge < -0.3 is 10.2 Å². The third-order valence-corrected chi connectivity index (χ3v) is 4.39. The summed E-state index contributed by atoms with van der Waals surface area (Å²) in [5.74, 6) is 0. The Hall–Kier alpha value is -0.0800. The minimum absolute atomic E-state index is 0.568. The van der Waals surface area contributed by atoms with Crippen LogP contribution in [0.2, 0.25) is 0 Å². The minimum Gasteiger partial charge on any atom is -0.316 e. The predicted molar refractivity (Wildman–Crippen MR) is 81.1 cm³/mol. The molecule has 0 aromatic carbocycles. The van der Waals surface area contributed by atoms with Gasteiger partial charge in [-0.3, -0.25) is 0 Å². The van der Waals surface area contributed by atoms with Crippen molar-refractivity contribution in [2.24, 2.45) is 5.41 Å². The summed E-state index contributed by atoms with van der Waals surface area (Å²) < 4.78 is 0. The quantitative estimate of drug-likeness (QED) is 0.632. The van der Waals surface area contributed by atoms with E-state index in [-0.39, 0.29) is 0 Å². The van der Waals surface area contributed by atoms with Gasteiger partial charge in [-0.25, -0.2) is 0 Å². The first-order chi connectivity index (χ1) is 8.76. The lowest BCUT2D eigenvalue weighted by atomic mass is 9.73. The summed E-state index contributed by atoms with van der Waals surface area (Å²) >= 11 is 0. The molecule has 1 aliphatic rings. The summed E-state index contributed by atoms with van der Waals surface area (Å²) in [6.45, 7) is 13.1. The van der Waals surface area contributed by atoms with Crippen LogP contribution in [0.4, 0.5) is 0 Å². The maximum Gasteiger partial charge on any atom is 0.00500 e. The fourth-order valence-electron chi connectivity index (χ4n) is 3.36. The van der Waals surface area contributed by atoms with E-state index in [1.807, 2.05) is 0 Å². The standard InChI is InChI=1S/C16H34N2/c1-4-12-17-14-16(10-8-7-9-11-16)15-18(6-3)13-5-2/h17H,4-15H2,1-3H3. The average molecular weight is 254 g/mol. The number of nitrogens with one attached hydrogen (secondary N) is 1. The van der Waals surface area contributed by atoms with Crippen LogP contribution in [0.3, 0.4) is 0 Å². The predicted octanol–water partition coefficient (Wildman–Crippen LogP) is 3.67. The van der Waals surface area contributed by atoms with Crippen LogP contribution < -0.4 is 5.32 Å². The Morgan fingerprint density at radius 3 is 2.28 bits per heavy atom. The Bertz CT molecular complexity index is 197. The van der Waals surface area contributed by atoms with Crippen molar-refractivity contribution in [3.8, 4) is 0 Å². The molecule has 0 unspecified atom stereocenters. The van der Waals surface area contributed by atoms with Crippen LogP contribution >= 0.6 is 0 Å². The maximum atomic E-state index is 3.69. The normalized spacial score (nSPS) is 19.3. The molecule has 1 aliphatic carbocycles. The summed E-state index contributed by atoms with van der Waals surface area (Å²) in [5.41, 5.74) is 0.568. The molecule has 0 bridgehead atoms. The van der Waals surface area contributed by atoms with E-state index in [2.05, 4.69) is 31.0 Å². The number of hydrogen-bond donors (Lipinski definition) is 1. The van der Waals surface area contributed by atoms with E-state index in [4.69, 9.17) is 0 Å². The van der Waals surface area contributed by atoms with Crippen molar-refractivity contribution >= 4 is 0 Å². The molecule has 0 aromatic rings. The number of hydrogen-bond acceptors (Lipinski definition) is 2. The largest absolute Gasteiger partial charge is 0.316 e. The second-order valence-electron chi connectivity index (χ2n) is 6.11. The van der Waals surface area contributed by atoms with Gasteiger partial charge in [-0.05, 0) is 50.7 Å². The molecule has 1 saturated carbocycles. The molecule has 0 saturated heterocycles. The molecule has 0 heterocycles. The first-order valence-corrected chi connectivity index (χ1v) is 8.19. The Morgan fingerprint density at radius 1 is 1.00 bits per heavy atom. The molecule has 0 spiro atoms. The highest BCUT2D eigenvalue weighted by atomic mass is 15.1. The van der Waals surface area contributed by atoms with Crippen LogP contribution in [-0.4, -0.2) is 37.6 Å². The van der Waals surface area contributed by atoms with Crippen molar-refractivity contribution in [1.82, 2.24) is 10.2 Å². The molecule has 0 radical (unpaired) electrons. The molecule has 0 atom stereocenters. The SMILES string of the molecule is CCCNCC1(CN(CC)CCC)CCCCC1. The molecule has 2 heteroatoms. The van der Waals surface area contributed by atoms with E-state index in [0.717, 1.165) is 0 Å². The van der Waals surface area contributed by atoms with Gasteiger partial charge >= 0.3 is 0 Å². The van der Waals surface area contributed by atoms with Crippen LogP contribution in [0.1, 0.15) is 65.7 Å². The van der Waals surface area contributed by atoms with Crippen LogP contribution in [0, 0.1) is 5.41 Å². The molecule has 2 nitrogen and oxygen atoms in total. The minimum atomic E-state index is 0.568. The van der Waals surface area contributed by atoms with Gasteiger partial charge in [0, 0.05) is 13.1 Å². The highest BCUT2D eigenvalue weighted by Gasteiger charge is 2.32. The van der Waals surface area contributed by atoms with Gasteiger partial charge in [0.05, 0.1) is 0 Å². The van der Waals surface area contributed by atoms with E-state index in [9.17, 15) is 0 Å². The monoisotopic (exact) mass is 254 g/mol. The van der Waals surface area contributed by atoms with Crippen molar-refractivity contribution in [2.75, 3.05) is 32.7 Å². The van der Waals surface area contributed by atoms with Crippen LogP contribution in [0.25, 0.3) is 0 Å². The van der Waals surface area contributed by atoms with Crippen molar-refractivity contribution < 1.29 is 0 Å². The summed E-state index contributed by atoms with van der Waals surface area (Å²) in [6, 6.07) is 0. The van der Waals surface area contributed by atoms with E-state index in [1.165, 1.54) is 77.7 Å². The lowest BCUT2D eigenvalue weighted by molar-refractivity contribution is 0.105. The molecule has 18 heavy (non-hydrogen) atoms. The molecule has 1 N–H and O–H groups in total. The van der Waals surface area contributed by atoms with Crippen LogP contribution in [-0.2, 0) is 0 Å². The summed E-state index contributed by atoms with van der Waals surface area (Å²) in [7, 11) is 0. The fourth-order valence-corrected chi connectivity index (χ4v) is 3.36. The summed E-state index contributed by atoms with van der Waals surface area (Å²) in [6.07, 6.45) is 9.74. The van der Waals surface area contributed by atoms with Gasteiger partial charge in [0.1, 0.15) is 0 Å². The zero-order chi connectivity index (χ0) is 13.3. The lowest BCUT2D eigenvalue weighted by Gasteiger charge is -2.41. The molecule has 108 valence electrons. The molecule has 1 fully saturated rings. The fraction of sp³-hybridized carbons (Fsp3) is 1.00. The second kappa shape index (κ2) is 8.92. The molecule has 1 rings (SSSR count). The molecule has 0 aliphatic heterocycles. The Kier molecular flexibility index (Phi) is 7.92. The average Bonchev–Trinajstić information content (AvgIpc) is 2.40. The van der Waals surface area contributed by atoms with E-state index < -0.39 is 0 Å². The van der Waals surface area contributed by atoms with E-state index in [0.29, 0.717) is 5.41 Å². The Labute approximate surface area is 115 Å². The number of rotatable bonds is 9. The Balaban J connectivity index is 2.52. The first-order valence-electron chi connectivity index (χ1n) is 8.19.